The predicted molar refractivity (Wildman–Crippen MR) is 93.2 cm³/mol. The van der Waals surface area contributed by atoms with Gasteiger partial charge in [-0.05, 0) is 6.42 Å². The molecule has 0 radical (unpaired) electrons. The molecule has 2 atom stereocenters. The van der Waals surface area contributed by atoms with Gasteiger partial charge < -0.3 is 20.6 Å². The van der Waals surface area contributed by atoms with Crippen molar-refractivity contribution in [2.45, 2.75) is 96.2 Å². The molecule has 0 spiro atoms. The Morgan fingerprint density at radius 1 is 0.826 bits per heavy atom. The van der Waals surface area contributed by atoms with Crippen LogP contribution in [0, 0.1) is 0 Å². The van der Waals surface area contributed by atoms with Crippen LogP contribution < -0.4 is 5.32 Å². The van der Waals surface area contributed by atoms with Crippen LogP contribution in [0.2, 0.25) is 0 Å². The fourth-order valence-electron chi connectivity index (χ4n) is 2.56. The smallest absolute Gasteiger partial charge is 0.251 e. The van der Waals surface area contributed by atoms with Gasteiger partial charge in [0.25, 0.3) is 5.91 Å². The van der Waals surface area contributed by atoms with Gasteiger partial charge in [-0.25, -0.2) is 0 Å². The normalized spacial score (nSPS) is 13.7. The first kappa shape index (κ1) is 22.4. The lowest BCUT2D eigenvalue weighted by Crippen LogP contribution is -2.43. The number of nitrogens with one attached hydrogen (secondary N) is 1. The fraction of sp³-hybridized carbons (Fsp3) is 0.944. The number of amides is 1. The predicted octanol–water partition coefficient (Wildman–Crippen LogP) is 2.52. The Kier molecular flexibility index (Phi) is 15.8. The third-order valence-electron chi connectivity index (χ3n) is 4.15. The minimum Gasteiger partial charge on any atom is -0.394 e. The van der Waals surface area contributed by atoms with Crippen molar-refractivity contribution in [3.05, 3.63) is 0 Å². The van der Waals surface area contributed by atoms with Crippen molar-refractivity contribution in [3.63, 3.8) is 0 Å². The number of hydrogen-bond acceptors (Lipinski definition) is 4. The first-order valence-corrected chi connectivity index (χ1v) is 9.38. The lowest BCUT2D eigenvalue weighted by molar-refractivity contribution is -0.136. The molecule has 0 aromatic heterocycles. The number of rotatable bonds is 16. The van der Waals surface area contributed by atoms with Crippen molar-refractivity contribution in [1.82, 2.24) is 5.32 Å². The number of unbranched alkanes of at least 4 members (excludes halogenated alkanes) is 11. The molecule has 5 nitrogen and oxygen atoms in total. The molecule has 1 amide bonds. The minimum atomic E-state index is -1.54. The summed E-state index contributed by atoms with van der Waals surface area (Å²) in [7, 11) is 0. The summed E-state index contributed by atoms with van der Waals surface area (Å²) in [4.78, 5) is 11.4. The molecule has 0 saturated carbocycles. The second-order valence-electron chi connectivity index (χ2n) is 6.37. The highest BCUT2D eigenvalue weighted by molar-refractivity contribution is 5.81. The van der Waals surface area contributed by atoms with E-state index >= 15 is 0 Å². The van der Waals surface area contributed by atoms with Crippen LogP contribution in [0.1, 0.15) is 84.0 Å². The van der Waals surface area contributed by atoms with Crippen LogP contribution in [0.15, 0.2) is 0 Å². The average Bonchev–Trinajstić information content (AvgIpc) is 2.57. The van der Waals surface area contributed by atoms with E-state index in [1.165, 1.54) is 64.2 Å². The zero-order valence-electron chi connectivity index (χ0n) is 14.8. The Balaban J connectivity index is 3.26. The summed E-state index contributed by atoms with van der Waals surface area (Å²) in [5.74, 6) is -0.616. The van der Waals surface area contributed by atoms with Gasteiger partial charge >= 0.3 is 0 Å². The molecule has 0 rings (SSSR count). The van der Waals surface area contributed by atoms with Gasteiger partial charge in [-0.15, -0.1) is 0 Å². The molecule has 0 aromatic carbocycles. The molecule has 4 N–H and O–H groups in total. The molecule has 0 aromatic rings. The molecule has 0 heterocycles. The van der Waals surface area contributed by atoms with Crippen molar-refractivity contribution in [2.75, 3.05) is 13.2 Å². The van der Waals surface area contributed by atoms with Crippen molar-refractivity contribution in [3.8, 4) is 0 Å². The van der Waals surface area contributed by atoms with Gasteiger partial charge in [0, 0.05) is 6.54 Å². The third-order valence-corrected chi connectivity index (χ3v) is 4.15. The molecule has 0 aliphatic rings. The topological polar surface area (TPSA) is 89.8 Å². The molecule has 0 bridgehead atoms. The zero-order chi connectivity index (χ0) is 17.3. The Hall–Kier alpha value is -0.650. The van der Waals surface area contributed by atoms with Crippen LogP contribution in [-0.4, -0.2) is 46.6 Å². The number of carbonyl (C=O) groups is 1. The Bertz CT molecular complexity index is 274. The molecule has 0 saturated heterocycles. The Labute approximate surface area is 141 Å². The van der Waals surface area contributed by atoms with Crippen molar-refractivity contribution >= 4 is 5.91 Å². The molecule has 23 heavy (non-hydrogen) atoms. The van der Waals surface area contributed by atoms with Gasteiger partial charge in [-0.3, -0.25) is 4.79 Å². The molecule has 0 aliphatic carbocycles. The van der Waals surface area contributed by atoms with Crippen LogP contribution in [0.5, 0.6) is 0 Å². The van der Waals surface area contributed by atoms with Gasteiger partial charge in [-0.1, -0.05) is 77.6 Å². The first-order chi connectivity index (χ1) is 11.1. The number of aliphatic hydroxyl groups is 3. The molecule has 0 unspecified atom stereocenters. The molecule has 138 valence electrons. The van der Waals surface area contributed by atoms with Gasteiger partial charge in [0.15, 0.2) is 6.10 Å². The lowest BCUT2D eigenvalue weighted by Gasteiger charge is -2.15. The summed E-state index contributed by atoms with van der Waals surface area (Å²) in [6.45, 7) is 2.13. The number of aliphatic hydroxyl groups excluding tert-OH is 3. The van der Waals surface area contributed by atoms with E-state index < -0.39 is 24.7 Å². The van der Waals surface area contributed by atoms with Crippen LogP contribution in [0.4, 0.5) is 0 Å². The number of carbonyl (C=O) groups excluding carboxylic acids is 1. The summed E-state index contributed by atoms with van der Waals surface area (Å²) in [5, 5.41) is 29.7. The highest BCUT2D eigenvalue weighted by Gasteiger charge is 2.22. The molecular formula is C18H37NO4. The summed E-state index contributed by atoms with van der Waals surface area (Å²) in [6, 6.07) is 0. The van der Waals surface area contributed by atoms with Crippen LogP contribution in [-0.2, 0) is 4.79 Å². The molecule has 0 aliphatic heterocycles. The van der Waals surface area contributed by atoms with Crippen LogP contribution in [0.25, 0.3) is 0 Å². The summed E-state index contributed by atoms with van der Waals surface area (Å²) < 4.78 is 0. The highest BCUT2D eigenvalue weighted by Crippen LogP contribution is 2.11. The fourth-order valence-corrected chi connectivity index (χ4v) is 2.56. The van der Waals surface area contributed by atoms with E-state index in [4.69, 9.17) is 10.2 Å². The van der Waals surface area contributed by atoms with E-state index in [0.29, 0.717) is 6.54 Å². The minimum absolute atomic E-state index is 0.505. The van der Waals surface area contributed by atoms with Crippen LogP contribution in [0.3, 0.4) is 0 Å². The highest BCUT2D eigenvalue weighted by atomic mass is 16.4. The molecule has 0 fully saturated rings. The number of hydrogen-bond donors (Lipinski definition) is 4. The quantitative estimate of drug-likeness (QED) is 0.327. The second kappa shape index (κ2) is 16.2. The Morgan fingerprint density at radius 2 is 1.26 bits per heavy atom. The van der Waals surface area contributed by atoms with Gasteiger partial charge in [0.2, 0.25) is 0 Å². The van der Waals surface area contributed by atoms with Crippen molar-refractivity contribution in [2.24, 2.45) is 0 Å². The van der Waals surface area contributed by atoms with Crippen LogP contribution >= 0.6 is 0 Å². The van der Waals surface area contributed by atoms with Gasteiger partial charge in [0.05, 0.1) is 6.61 Å². The maximum atomic E-state index is 11.4. The molecular weight excluding hydrogens is 294 g/mol. The standard InChI is InChI=1S/C18H37NO4/c1-2-3-4-5-6-7-8-9-10-11-12-13-14-19-18(23)17(22)16(21)15-20/h16-17,20-22H,2-15H2,1H3,(H,19,23)/t16-,17-/m1/s1. The second-order valence-corrected chi connectivity index (χ2v) is 6.37. The van der Waals surface area contributed by atoms with E-state index in [-0.39, 0.29) is 0 Å². The van der Waals surface area contributed by atoms with E-state index in [1.807, 2.05) is 0 Å². The average molecular weight is 331 g/mol. The third kappa shape index (κ3) is 13.5. The monoisotopic (exact) mass is 331 g/mol. The summed E-state index contributed by atoms with van der Waals surface area (Å²) >= 11 is 0. The maximum Gasteiger partial charge on any atom is 0.251 e. The van der Waals surface area contributed by atoms with E-state index in [9.17, 15) is 9.90 Å². The zero-order valence-corrected chi connectivity index (χ0v) is 14.8. The summed E-state index contributed by atoms with van der Waals surface area (Å²) in [5.41, 5.74) is 0. The van der Waals surface area contributed by atoms with Gasteiger partial charge in [0.1, 0.15) is 6.10 Å². The first-order valence-electron chi connectivity index (χ1n) is 9.38. The largest absolute Gasteiger partial charge is 0.394 e. The van der Waals surface area contributed by atoms with Gasteiger partial charge in [-0.2, -0.15) is 0 Å². The van der Waals surface area contributed by atoms with Crippen molar-refractivity contribution in [1.29, 1.82) is 0 Å². The SMILES string of the molecule is CCCCCCCCCCCCCCNC(=O)[C@H](O)[C@H](O)CO. The lowest BCUT2D eigenvalue weighted by atomic mass is 10.1. The van der Waals surface area contributed by atoms with E-state index in [1.54, 1.807) is 0 Å². The van der Waals surface area contributed by atoms with E-state index in [2.05, 4.69) is 12.2 Å². The molecule has 5 heteroatoms. The summed E-state index contributed by atoms with van der Waals surface area (Å²) in [6.07, 6.45) is 12.2. The van der Waals surface area contributed by atoms with E-state index in [0.717, 1.165) is 12.8 Å². The maximum absolute atomic E-state index is 11.4. The Morgan fingerprint density at radius 3 is 1.70 bits per heavy atom. The van der Waals surface area contributed by atoms with Crippen molar-refractivity contribution < 1.29 is 20.1 Å².